The van der Waals surface area contributed by atoms with Gasteiger partial charge in [-0.05, 0) is 25.0 Å². The molecule has 1 aromatic rings. The number of hydrogen-bond donors (Lipinski definition) is 0. The Morgan fingerprint density at radius 2 is 1.56 bits per heavy atom. The molecule has 0 spiro atoms. The minimum atomic E-state index is -0.338. The van der Waals surface area contributed by atoms with E-state index in [1.807, 2.05) is 12.1 Å². The summed E-state index contributed by atoms with van der Waals surface area (Å²) in [7, 11) is 0. The third-order valence-electron chi connectivity index (χ3n) is 4.18. The van der Waals surface area contributed by atoms with Crippen molar-refractivity contribution in [1.82, 2.24) is 0 Å². The van der Waals surface area contributed by atoms with Crippen LogP contribution >= 0.6 is 0 Å². The van der Waals surface area contributed by atoms with Crippen LogP contribution in [0.2, 0.25) is 0 Å². The number of non-ortho nitro benzene ring substituents is 1. The van der Waals surface area contributed by atoms with Crippen LogP contribution in [0.3, 0.4) is 0 Å². The van der Waals surface area contributed by atoms with Crippen LogP contribution in [-0.4, -0.2) is 17.0 Å². The Bertz CT molecular complexity index is 430. The fraction of sp³-hybridized carbons (Fsp3) is 0.571. The van der Waals surface area contributed by atoms with Crippen LogP contribution in [0.1, 0.15) is 38.5 Å². The van der Waals surface area contributed by atoms with Gasteiger partial charge < -0.3 is 4.90 Å². The van der Waals surface area contributed by atoms with E-state index < -0.39 is 0 Å². The van der Waals surface area contributed by atoms with Crippen LogP contribution in [0.5, 0.6) is 0 Å². The zero-order valence-electron chi connectivity index (χ0n) is 10.4. The molecule has 2 fully saturated rings. The van der Waals surface area contributed by atoms with Crippen molar-refractivity contribution in [2.75, 3.05) is 4.90 Å². The van der Waals surface area contributed by atoms with E-state index in [9.17, 15) is 10.1 Å². The van der Waals surface area contributed by atoms with E-state index in [4.69, 9.17) is 0 Å². The summed E-state index contributed by atoms with van der Waals surface area (Å²) in [6.07, 6.45) is 7.92. The maximum atomic E-state index is 10.6. The molecule has 1 saturated carbocycles. The predicted molar refractivity (Wildman–Crippen MR) is 70.9 cm³/mol. The fourth-order valence-corrected chi connectivity index (χ4v) is 3.19. The largest absolute Gasteiger partial charge is 0.361 e. The highest BCUT2D eigenvalue weighted by atomic mass is 16.6. The Labute approximate surface area is 107 Å². The van der Waals surface area contributed by atoms with E-state index >= 15 is 0 Å². The van der Waals surface area contributed by atoms with Gasteiger partial charge in [0, 0.05) is 29.9 Å². The average molecular weight is 246 g/mol. The van der Waals surface area contributed by atoms with Gasteiger partial charge in [0.2, 0.25) is 0 Å². The van der Waals surface area contributed by atoms with Crippen LogP contribution in [0.15, 0.2) is 24.3 Å². The first-order chi connectivity index (χ1) is 8.77. The van der Waals surface area contributed by atoms with E-state index in [0.717, 1.165) is 5.69 Å². The molecule has 96 valence electrons. The van der Waals surface area contributed by atoms with Crippen molar-refractivity contribution in [1.29, 1.82) is 0 Å². The van der Waals surface area contributed by atoms with Crippen molar-refractivity contribution in [3.8, 4) is 0 Å². The first-order valence-corrected chi connectivity index (χ1v) is 6.80. The summed E-state index contributed by atoms with van der Waals surface area (Å²) in [5.41, 5.74) is 1.33. The van der Waals surface area contributed by atoms with Gasteiger partial charge in [-0.15, -0.1) is 0 Å². The molecule has 4 heteroatoms. The molecule has 0 bridgehead atoms. The number of nitro benzene ring substituents is 1. The third-order valence-corrected chi connectivity index (χ3v) is 4.18. The van der Waals surface area contributed by atoms with Crippen LogP contribution in [0.4, 0.5) is 11.4 Å². The molecular weight excluding hydrogens is 228 g/mol. The Hall–Kier alpha value is -1.58. The molecule has 18 heavy (non-hydrogen) atoms. The summed E-state index contributed by atoms with van der Waals surface area (Å²) in [5.74, 6) is 0. The standard InChI is InChI=1S/C14H18N2O2/c17-16(18)12-9-7-11(8-10-12)15-13-5-3-1-2-4-6-14(13)15/h7-10,13-14H,1-6H2. The predicted octanol–water partition coefficient (Wildman–Crippen LogP) is 3.51. The maximum Gasteiger partial charge on any atom is 0.269 e. The smallest absolute Gasteiger partial charge is 0.269 e. The van der Waals surface area contributed by atoms with Gasteiger partial charge in [0.15, 0.2) is 0 Å². The lowest BCUT2D eigenvalue weighted by molar-refractivity contribution is -0.384. The second kappa shape index (κ2) is 4.59. The van der Waals surface area contributed by atoms with E-state index in [1.54, 1.807) is 12.1 Å². The molecule has 2 aliphatic rings. The summed E-state index contributed by atoms with van der Waals surface area (Å²) >= 11 is 0. The number of rotatable bonds is 2. The quantitative estimate of drug-likeness (QED) is 0.456. The SMILES string of the molecule is O=[N+]([O-])c1ccc(N2C3CCCCCCC32)cc1. The monoisotopic (exact) mass is 246 g/mol. The maximum absolute atomic E-state index is 10.6. The van der Waals surface area contributed by atoms with Gasteiger partial charge >= 0.3 is 0 Å². The van der Waals surface area contributed by atoms with Crippen molar-refractivity contribution in [2.24, 2.45) is 0 Å². The van der Waals surface area contributed by atoms with Gasteiger partial charge in [0.05, 0.1) is 4.92 Å². The molecule has 2 unspecified atom stereocenters. The number of nitrogens with zero attached hydrogens (tertiary/aromatic N) is 2. The van der Waals surface area contributed by atoms with Gasteiger partial charge in [0.25, 0.3) is 5.69 Å². The second-order valence-corrected chi connectivity index (χ2v) is 5.31. The number of anilines is 1. The summed E-state index contributed by atoms with van der Waals surface area (Å²) in [6.45, 7) is 0. The van der Waals surface area contributed by atoms with Gasteiger partial charge in [0.1, 0.15) is 0 Å². The molecule has 2 atom stereocenters. The molecule has 0 radical (unpaired) electrons. The van der Waals surface area contributed by atoms with E-state index in [0.29, 0.717) is 12.1 Å². The number of benzene rings is 1. The topological polar surface area (TPSA) is 46.1 Å². The van der Waals surface area contributed by atoms with Gasteiger partial charge in [-0.3, -0.25) is 10.1 Å². The van der Waals surface area contributed by atoms with E-state index in [2.05, 4.69) is 4.90 Å². The highest BCUT2D eigenvalue weighted by molar-refractivity contribution is 5.58. The van der Waals surface area contributed by atoms with Crippen molar-refractivity contribution in [3.05, 3.63) is 34.4 Å². The molecule has 0 amide bonds. The van der Waals surface area contributed by atoms with Crippen LogP contribution in [-0.2, 0) is 0 Å². The zero-order chi connectivity index (χ0) is 12.5. The molecular formula is C14H18N2O2. The Morgan fingerprint density at radius 1 is 1.00 bits per heavy atom. The van der Waals surface area contributed by atoms with Crippen LogP contribution in [0, 0.1) is 10.1 Å². The second-order valence-electron chi connectivity index (χ2n) is 5.31. The highest BCUT2D eigenvalue weighted by Crippen LogP contribution is 2.42. The first kappa shape index (κ1) is 11.5. The average Bonchev–Trinajstić information content (AvgIpc) is 3.00. The van der Waals surface area contributed by atoms with E-state index in [-0.39, 0.29) is 10.6 Å². The molecule has 1 aliphatic carbocycles. The van der Waals surface area contributed by atoms with Crippen LogP contribution in [0.25, 0.3) is 0 Å². The fourth-order valence-electron chi connectivity index (χ4n) is 3.19. The van der Waals surface area contributed by atoms with Gasteiger partial charge in [-0.25, -0.2) is 0 Å². The Morgan fingerprint density at radius 3 is 2.06 bits per heavy atom. The van der Waals surface area contributed by atoms with Crippen molar-refractivity contribution < 1.29 is 4.92 Å². The Kier molecular flexibility index (Phi) is 2.94. The minimum absolute atomic E-state index is 0.179. The van der Waals surface area contributed by atoms with Crippen molar-refractivity contribution >= 4 is 11.4 Å². The number of nitro groups is 1. The lowest BCUT2D eigenvalue weighted by Crippen LogP contribution is -1.99. The summed E-state index contributed by atoms with van der Waals surface area (Å²) in [6, 6.07) is 8.38. The summed E-state index contributed by atoms with van der Waals surface area (Å²) in [5, 5.41) is 10.6. The molecule has 0 N–H and O–H groups in total. The molecule has 4 nitrogen and oxygen atoms in total. The third kappa shape index (κ3) is 2.07. The van der Waals surface area contributed by atoms with Crippen LogP contribution < -0.4 is 4.90 Å². The molecule has 1 heterocycles. The van der Waals surface area contributed by atoms with Crippen molar-refractivity contribution in [2.45, 2.75) is 50.6 Å². The Balaban J connectivity index is 1.73. The lowest BCUT2D eigenvalue weighted by Gasteiger charge is -2.05. The molecule has 3 rings (SSSR count). The van der Waals surface area contributed by atoms with Crippen molar-refractivity contribution in [3.63, 3.8) is 0 Å². The normalized spacial score (nSPS) is 27.0. The van der Waals surface area contributed by atoms with E-state index in [1.165, 1.54) is 38.5 Å². The zero-order valence-corrected chi connectivity index (χ0v) is 10.4. The number of fused-ring (bicyclic) bond motifs is 1. The highest BCUT2D eigenvalue weighted by Gasteiger charge is 2.46. The van der Waals surface area contributed by atoms with Gasteiger partial charge in [-0.2, -0.15) is 0 Å². The first-order valence-electron chi connectivity index (χ1n) is 6.80. The van der Waals surface area contributed by atoms with Gasteiger partial charge in [-0.1, -0.05) is 25.7 Å². The lowest BCUT2D eigenvalue weighted by atomic mass is 10.0. The summed E-state index contributed by atoms with van der Waals surface area (Å²) in [4.78, 5) is 12.7. The molecule has 0 aromatic heterocycles. The number of hydrogen-bond acceptors (Lipinski definition) is 3. The minimum Gasteiger partial charge on any atom is -0.361 e. The molecule has 1 aliphatic heterocycles. The molecule has 1 saturated heterocycles. The molecule has 1 aromatic carbocycles. The summed E-state index contributed by atoms with van der Waals surface area (Å²) < 4.78 is 0.